The minimum atomic E-state index is -0.295. The van der Waals surface area contributed by atoms with Gasteiger partial charge in [0.15, 0.2) is 0 Å². The van der Waals surface area contributed by atoms with Crippen LogP contribution in [0.1, 0.15) is 5.56 Å². The van der Waals surface area contributed by atoms with Crippen LogP contribution in [0.4, 0.5) is 10.1 Å². The van der Waals surface area contributed by atoms with Gasteiger partial charge in [-0.3, -0.25) is 0 Å². The number of hydrogen-bond acceptors (Lipinski definition) is 2. The Morgan fingerprint density at radius 2 is 1.88 bits per heavy atom. The quantitative estimate of drug-likeness (QED) is 0.797. The Hall–Kier alpha value is -1.48. The molecule has 1 nitrogen and oxygen atoms in total. The number of rotatable bonds is 2. The van der Waals surface area contributed by atoms with Gasteiger partial charge in [-0.05, 0) is 36.8 Å². The van der Waals surface area contributed by atoms with E-state index in [1.54, 1.807) is 6.07 Å². The molecule has 0 fully saturated rings. The van der Waals surface area contributed by atoms with Gasteiger partial charge in [0.25, 0.3) is 0 Å². The summed E-state index contributed by atoms with van der Waals surface area (Å²) >= 11 is 1.52. The molecule has 0 unspecified atom stereocenters. The molecular weight excluding hydrogens is 221 g/mol. The normalized spacial score (nSPS) is 10.4. The maximum Gasteiger partial charge on any atom is 0.126 e. The van der Waals surface area contributed by atoms with E-state index in [0.717, 1.165) is 9.79 Å². The molecule has 0 aromatic heterocycles. The van der Waals surface area contributed by atoms with E-state index in [4.69, 9.17) is 5.73 Å². The molecule has 0 bridgehead atoms. The van der Waals surface area contributed by atoms with Gasteiger partial charge in [0.1, 0.15) is 5.82 Å². The Balaban J connectivity index is 2.30. The SMILES string of the molecule is Cc1ccccc1Sc1cc(N)cc(F)c1. The first kappa shape index (κ1) is 11.0. The molecule has 0 heterocycles. The average molecular weight is 233 g/mol. The molecule has 2 rings (SSSR count). The third kappa shape index (κ3) is 2.55. The second kappa shape index (κ2) is 4.58. The molecule has 0 aliphatic carbocycles. The van der Waals surface area contributed by atoms with Crippen LogP contribution in [0.25, 0.3) is 0 Å². The van der Waals surface area contributed by atoms with Crippen molar-refractivity contribution in [2.45, 2.75) is 16.7 Å². The Morgan fingerprint density at radius 3 is 2.56 bits per heavy atom. The minimum Gasteiger partial charge on any atom is -0.399 e. The fraction of sp³-hybridized carbons (Fsp3) is 0.0769. The Kier molecular flexibility index (Phi) is 3.15. The summed E-state index contributed by atoms with van der Waals surface area (Å²) in [5.41, 5.74) is 7.23. The number of anilines is 1. The maximum atomic E-state index is 13.1. The summed E-state index contributed by atoms with van der Waals surface area (Å²) < 4.78 is 13.1. The fourth-order valence-corrected chi connectivity index (χ4v) is 2.44. The van der Waals surface area contributed by atoms with Gasteiger partial charge in [-0.2, -0.15) is 0 Å². The van der Waals surface area contributed by atoms with E-state index in [2.05, 4.69) is 0 Å². The van der Waals surface area contributed by atoms with Crippen molar-refractivity contribution in [3.05, 3.63) is 53.8 Å². The van der Waals surface area contributed by atoms with Gasteiger partial charge in [0.2, 0.25) is 0 Å². The lowest BCUT2D eigenvalue weighted by molar-refractivity contribution is 0.625. The van der Waals surface area contributed by atoms with Crippen LogP contribution in [0.3, 0.4) is 0 Å². The number of benzene rings is 2. The van der Waals surface area contributed by atoms with Crippen molar-refractivity contribution < 1.29 is 4.39 Å². The van der Waals surface area contributed by atoms with Crippen LogP contribution in [-0.2, 0) is 0 Å². The molecule has 82 valence electrons. The van der Waals surface area contributed by atoms with Crippen molar-refractivity contribution >= 4 is 17.4 Å². The molecule has 16 heavy (non-hydrogen) atoms. The van der Waals surface area contributed by atoms with Crippen molar-refractivity contribution in [2.24, 2.45) is 0 Å². The molecular formula is C13H12FNS. The van der Waals surface area contributed by atoms with Crippen LogP contribution in [0, 0.1) is 12.7 Å². The monoisotopic (exact) mass is 233 g/mol. The smallest absolute Gasteiger partial charge is 0.126 e. The Morgan fingerprint density at radius 1 is 1.12 bits per heavy atom. The predicted molar refractivity (Wildman–Crippen MR) is 66.1 cm³/mol. The van der Waals surface area contributed by atoms with Crippen LogP contribution in [0.5, 0.6) is 0 Å². The molecule has 3 heteroatoms. The van der Waals surface area contributed by atoms with Crippen LogP contribution in [0.15, 0.2) is 52.3 Å². The zero-order chi connectivity index (χ0) is 11.5. The molecule has 2 aromatic carbocycles. The first-order chi connectivity index (χ1) is 7.65. The van der Waals surface area contributed by atoms with Crippen molar-refractivity contribution in [1.29, 1.82) is 0 Å². The highest BCUT2D eigenvalue weighted by Crippen LogP contribution is 2.31. The topological polar surface area (TPSA) is 26.0 Å². The second-order valence-corrected chi connectivity index (χ2v) is 4.70. The summed E-state index contributed by atoms with van der Waals surface area (Å²) in [7, 11) is 0. The van der Waals surface area contributed by atoms with Gasteiger partial charge in [-0.1, -0.05) is 30.0 Å². The average Bonchev–Trinajstić information content (AvgIpc) is 2.20. The van der Waals surface area contributed by atoms with Gasteiger partial charge >= 0.3 is 0 Å². The van der Waals surface area contributed by atoms with E-state index in [1.807, 2.05) is 31.2 Å². The largest absolute Gasteiger partial charge is 0.399 e. The minimum absolute atomic E-state index is 0.295. The first-order valence-corrected chi connectivity index (χ1v) is 5.76. The first-order valence-electron chi connectivity index (χ1n) is 4.95. The van der Waals surface area contributed by atoms with Crippen molar-refractivity contribution in [1.82, 2.24) is 0 Å². The number of hydrogen-bond donors (Lipinski definition) is 1. The third-order valence-electron chi connectivity index (χ3n) is 2.22. The molecule has 0 saturated heterocycles. The second-order valence-electron chi connectivity index (χ2n) is 3.59. The van der Waals surface area contributed by atoms with Crippen molar-refractivity contribution in [3.8, 4) is 0 Å². The lowest BCUT2D eigenvalue weighted by atomic mass is 10.2. The van der Waals surface area contributed by atoms with Gasteiger partial charge in [-0.25, -0.2) is 4.39 Å². The molecule has 0 aliphatic rings. The molecule has 2 aromatic rings. The highest BCUT2D eigenvalue weighted by Gasteiger charge is 2.03. The highest BCUT2D eigenvalue weighted by atomic mass is 32.2. The highest BCUT2D eigenvalue weighted by molar-refractivity contribution is 7.99. The zero-order valence-electron chi connectivity index (χ0n) is 8.91. The standard InChI is InChI=1S/C13H12FNS/c1-9-4-2-3-5-13(9)16-12-7-10(14)6-11(15)8-12/h2-8H,15H2,1H3. The van der Waals surface area contributed by atoms with Gasteiger partial charge in [0, 0.05) is 15.5 Å². The predicted octanol–water partition coefficient (Wildman–Crippen LogP) is 3.87. The van der Waals surface area contributed by atoms with E-state index in [0.29, 0.717) is 5.69 Å². The van der Waals surface area contributed by atoms with E-state index in [1.165, 1.54) is 29.5 Å². The molecule has 0 amide bonds. The molecule has 0 spiro atoms. The van der Waals surface area contributed by atoms with E-state index in [9.17, 15) is 4.39 Å². The maximum absolute atomic E-state index is 13.1. The van der Waals surface area contributed by atoms with Gasteiger partial charge in [0.05, 0.1) is 0 Å². The number of nitrogen functional groups attached to an aromatic ring is 1. The molecule has 0 saturated carbocycles. The molecule has 0 atom stereocenters. The molecule has 0 radical (unpaired) electrons. The van der Waals surface area contributed by atoms with Crippen molar-refractivity contribution in [3.63, 3.8) is 0 Å². The lowest BCUT2D eigenvalue weighted by Crippen LogP contribution is -1.87. The van der Waals surface area contributed by atoms with Crippen LogP contribution >= 0.6 is 11.8 Å². The van der Waals surface area contributed by atoms with E-state index in [-0.39, 0.29) is 5.82 Å². The summed E-state index contributed by atoms with van der Waals surface area (Å²) in [6.07, 6.45) is 0. The number of aryl methyl sites for hydroxylation is 1. The summed E-state index contributed by atoms with van der Waals surface area (Å²) in [5.74, 6) is -0.295. The third-order valence-corrected chi connectivity index (χ3v) is 3.36. The summed E-state index contributed by atoms with van der Waals surface area (Å²) in [5, 5.41) is 0. The Bertz CT molecular complexity index is 491. The van der Waals surface area contributed by atoms with E-state index < -0.39 is 0 Å². The molecule has 0 aliphatic heterocycles. The number of halogens is 1. The van der Waals surface area contributed by atoms with Crippen LogP contribution < -0.4 is 5.73 Å². The fourth-order valence-electron chi connectivity index (χ4n) is 1.44. The summed E-state index contributed by atoms with van der Waals surface area (Å²) in [4.78, 5) is 1.94. The Labute approximate surface area is 98.5 Å². The molecule has 2 N–H and O–H groups in total. The lowest BCUT2D eigenvalue weighted by Gasteiger charge is -2.06. The van der Waals surface area contributed by atoms with Gasteiger partial charge in [-0.15, -0.1) is 0 Å². The zero-order valence-corrected chi connectivity index (χ0v) is 9.72. The number of nitrogens with two attached hydrogens (primary N) is 1. The van der Waals surface area contributed by atoms with E-state index >= 15 is 0 Å². The van der Waals surface area contributed by atoms with Crippen molar-refractivity contribution in [2.75, 3.05) is 5.73 Å². The van der Waals surface area contributed by atoms with Crippen LogP contribution in [-0.4, -0.2) is 0 Å². The summed E-state index contributed by atoms with van der Waals surface area (Å²) in [6, 6.07) is 12.6. The summed E-state index contributed by atoms with van der Waals surface area (Å²) in [6.45, 7) is 2.03. The van der Waals surface area contributed by atoms with Gasteiger partial charge < -0.3 is 5.73 Å². The van der Waals surface area contributed by atoms with Crippen LogP contribution in [0.2, 0.25) is 0 Å².